The Morgan fingerprint density at radius 2 is 2.20 bits per heavy atom. The van der Waals surface area contributed by atoms with Crippen molar-refractivity contribution in [3.05, 3.63) is 16.1 Å². The molecule has 0 atom stereocenters. The van der Waals surface area contributed by atoms with Gasteiger partial charge in [0, 0.05) is 38.4 Å². The number of aryl methyl sites for hydroxylation is 1. The molecule has 1 aromatic rings. The number of hydrogen-bond acceptors (Lipinski definition) is 5. The molecule has 0 bridgehead atoms. The normalized spacial score (nSPS) is 11.2. The molecule has 0 saturated heterocycles. The highest BCUT2D eigenvalue weighted by Gasteiger charge is 2.05. The van der Waals surface area contributed by atoms with E-state index in [4.69, 9.17) is 9.47 Å². The summed E-state index contributed by atoms with van der Waals surface area (Å²) in [6, 6.07) is 0. The number of aromatic nitrogens is 1. The molecule has 1 aromatic heterocycles. The fraction of sp³-hybridized carbons (Fsp3) is 0.700. The lowest BCUT2D eigenvalue weighted by Crippen LogP contribution is -2.29. The van der Waals surface area contributed by atoms with Crippen molar-refractivity contribution in [3.8, 4) is 0 Å². The van der Waals surface area contributed by atoms with Crippen LogP contribution in [0.15, 0.2) is 6.20 Å². The van der Waals surface area contributed by atoms with Crippen molar-refractivity contribution >= 4 is 11.3 Å². The first kappa shape index (κ1) is 12.6. The molecular weight excluding hydrogens is 212 g/mol. The van der Waals surface area contributed by atoms with Gasteiger partial charge in [0.15, 0.2) is 6.29 Å². The van der Waals surface area contributed by atoms with Crippen LogP contribution in [0.5, 0.6) is 0 Å². The van der Waals surface area contributed by atoms with Gasteiger partial charge in [-0.3, -0.25) is 0 Å². The largest absolute Gasteiger partial charge is 0.355 e. The highest BCUT2D eigenvalue weighted by molar-refractivity contribution is 7.11. The third kappa shape index (κ3) is 4.25. The average molecular weight is 230 g/mol. The van der Waals surface area contributed by atoms with E-state index in [2.05, 4.69) is 17.2 Å². The van der Waals surface area contributed by atoms with Crippen molar-refractivity contribution in [1.82, 2.24) is 10.3 Å². The second-order valence-electron chi connectivity index (χ2n) is 3.11. The number of hydrogen-bond donors (Lipinski definition) is 1. The van der Waals surface area contributed by atoms with E-state index in [9.17, 15) is 0 Å². The summed E-state index contributed by atoms with van der Waals surface area (Å²) in [6.45, 7) is 3.58. The molecular formula is C10H18N2O2S. The SMILES string of the molecule is CCc1cnc(CNCC(OC)OC)s1. The van der Waals surface area contributed by atoms with Crippen LogP contribution in [0.25, 0.3) is 0 Å². The van der Waals surface area contributed by atoms with E-state index in [1.54, 1.807) is 25.6 Å². The van der Waals surface area contributed by atoms with Gasteiger partial charge in [-0.05, 0) is 6.42 Å². The summed E-state index contributed by atoms with van der Waals surface area (Å²) in [5.74, 6) is 0. The quantitative estimate of drug-likeness (QED) is 0.719. The van der Waals surface area contributed by atoms with Gasteiger partial charge in [-0.2, -0.15) is 0 Å². The van der Waals surface area contributed by atoms with Crippen molar-refractivity contribution in [2.24, 2.45) is 0 Å². The van der Waals surface area contributed by atoms with Crippen molar-refractivity contribution in [1.29, 1.82) is 0 Å². The number of nitrogens with one attached hydrogen (secondary N) is 1. The average Bonchev–Trinajstić information content (AvgIpc) is 2.72. The van der Waals surface area contributed by atoms with E-state index < -0.39 is 0 Å². The Morgan fingerprint density at radius 3 is 2.73 bits per heavy atom. The Morgan fingerprint density at radius 1 is 1.47 bits per heavy atom. The summed E-state index contributed by atoms with van der Waals surface area (Å²) in [5, 5.41) is 4.35. The van der Waals surface area contributed by atoms with Crippen LogP contribution < -0.4 is 5.32 Å². The van der Waals surface area contributed by atoms with Gasteiger partial charge in [-0.15, -0.1) is 11.3 Å². The van der Waals surface area contributed by atoms with Crippen LogP contribution in [0.3, 0.4) is 0 Å². The van der Waals surface area contributed by atoms with Crippen molar-refractivity contribution in [3.63, 3.8) is 0 Å². The Hall–Kier alpha value is -0.490. The lowest BCUT2D eigenvalue weighted by molar-refractivity contribution is -0.0989. The molecule has 0 aliphatic carbocycles. The van der Waals surface area contributed by atoms with Gasteiger partial charge < -0.3 is 14.8 Å². The number of thiazole rings is 1. The molecule has 4 nitrogen and oxygen atoms in total. The monoisotopic (exact) mass is 230 g/mol. The van der Waals surface area contributed by atoms with Crippen LogP contribution in [0.4, 0.5) is 0 Å². The van der Waals surface area contributed by atoms with E-state index in [1.807, 2.05) is 6.20 Å². The first-order valence-corrected chi connectivity index (χ1v) is 5.81. The van der Waals surface area contributed by atoms with Gasteiger partial charge in [0.2, 0.25) is 0 Å². The lowest BCUT2D eigenvalue weighted by atomic mass is 10.4. The maximum Gasteiger partial charge on any atom is 0.169 e. The van der Waals surface area contributed by atoms with Gasteiger partial charge >= 0.3 is 0 Å². The molecule has 0 aliphatic heterocycles. The third-order valence-corrected chi connectivity index (χ3v) is 3.20. The summed E-state index contributed by atoms with van der Waals surface area (Å²) in [4.78, 5) is 5.63. The van der Waals surface area contributed by atoms with Crippen LogP contribution in [0.1, 0.15) is 16.8 Å². The molecule has 0 aromatic carbocycles. The molecule has 0 unspecified atom stereocenters. The summed E-state index contributed by atoms with van der Waals surface area (Å²) in [5.41, 5.74) is 0. The number of rotatable bonds is 7. The summed E-state index contributed by atoms with van der Waals surface area (Å²) in [7, 11) is 3.27. The molecule has 5 heteroatoms. The molecule has 1 heterocycles. The zero-order valence-electron chi connectivity index (χ0n) is 9.45. The zero-order valence-corrected chi connectivity index (χ0v) is 10.3. The number of nitrogens with zero attached hydrogens (tertiary/aromatic N) is 1. The van der Waals surface area contributed by atoms with Gasteiger partial charge in [-0.25, -0.2) is 4.98 Å². The second kappa shape index (κ2) is 6.90. The van der Waals surface area contributed by atoms with E-state index in [1.165, 1.54) is 4.88 Å². The molecule has 15 heavy (non-hydrogen) atoms. The summed E-state index contributed by atoms with van der Waals surface area (Å²) >= 11 is 1.74. The fourth-order valence-corrected chi connectivity index (χ4v) is 1.99. The van der Waals surface area contributed by atoms with Crippen molar-refractivity contribution < 1.29 is 9.47 Å². The van der Waals surface area contributed by atoms with Crippen LogP contribution in [-0.4, -0.2) is 32.0 Å². The Kier molecular flexibility index (Phi) is 5.78. The second-order valence-corrected chi connectivity index (χ2v) is 4.31. The minimum Gasteiger partial charge on any atom is -0.355 e. The molecule has 0 fully saturated rings. The van der Waals surface area contributed by atoms with E-state index >= 15 is 0 Å². The Bertz CT molecular complexity index is 274. The summed E-state index contributed by atoms with van der Waals surface area (Å²) < 4.78 is 10.1. The lowest BCUT2D eigenvalue weighted by Gasteiger charge is -2.13. The van der Waals surface area contributed by atoms with Gasteiger partial charge in [0.05, 0.1) is 0 Å². The highest BCUT2D eigenvalue weighted by Crippen LogP contribution is 2.12. The van der Waals surface area contributed by atoms with Crippen molar-refractivity contribution in [2.75, 3.05) is 20.8 Å². The van der Waals surface area contributed by atoms with Crippen LogP contribution >= 0.6 is 11.3 Å². The minimum absolute atomic E-state index is 0.185. The molecule has 0 radical (unpaired) electrons. The zero-order chi connectivity index (χ0) is 11.1. The third-order valence-electron chi connectivity index (χ3n) is 2.06. The van der Waals surface area contributed by atoms with E-state index in [-0.39, 0.29) is 6.29 Å². The molecule has 0 spiro atoms. The molecule has 0 saturated carbocycles. The van der Waals surface area contributed by atoms with Gasteiger partial charge in [0.1, 0.15) is 5.01 Å². The van der Waals surface area contributed by atoms with E-state index in [0.29, 0.717) is 6.54 Å². The van der Waals surface area contributed by atoms with Crippen LogP contribution in [0.2, 0.25) is 0 Å². The standard InChI is InChI=1S/C10H18N2O2S/c1-4-8-5-12-9(15-8)6-11-7-10(13-2)14-3/h5,10-11H,4,6-7H2,1-3H3. The predicted octanol–water partition coefficient (Wildman–Crippen LogP) is 1.41. The van der Waals surface area contributed by atoms with E-state index in [0.717, 1.165) is 18.0 Å². The molecule has 0 aliphatic rings. The first-order valence-electron chi connectivity index (χ1n) is 5.00. The number of methoxy groups -OCH3 is 2. The topological polar surface area (TPSA) is 43.4 Å². The molecule has 1 N–H and O–H groups in total. The minimum atomic E-state index is -0.185. The summed E-state index contributed by atoms with van der Waals surface area (Å²) in [6.07, 6.45) is 2.80. The number of ether oxygens (including phenoxy) is 2. The van der Waals surface area contributed by atoms with Crippen LogP contribution in [0, 0.1) is 0 Å². The fourth-order valence-electron chi connectivity index (χ4n) is 1.15. The highest BCUT2D eigenvalue weighted by atomic mass is 32.1. The first-order chi connectivity index (χ1) is 7.30. The smallest absolute Gasteiger partial charge is 0.169 e. The van der Waals surface area contributed by atoms with Crippen molar-refractivity contribution in [2.45, 2.75) is 26.2 Å². The predicted molar refractivity (Wildman–Crippen MR) is 61.0 cm³/mol. The van der Waals surface area contributed by atoms with Crippen LogP contribution in [-0.2, 0) is 22.4 Å². The Labute approximate surface area is 94.6 Å². The molecule has 0 amide bonds. The molecule has 86 valence electrons. The molecule has 1 rings (SSSR count). The maximum absolute atomic E-state index is 5.06. The maximum atomic E-state index is 5.06. The van der Waals surface area contributed by atoms with Gasteiger partial charge in [0.25, 0.3) is 0 Å². The van der Waals surface area contributed by atoms with Gasteiger partial charge in [-0.1, -0.05) is 6.92 Å². The Balaban J connectivity index is 2.25.